The lowest BCUT2D eigenvalue weighted by Gasteiger charge is -2.45. The number of fused-ring (bicyclic) bond motifs is 3. The van der Waals surface area contributed by atoms with Crippen molar-refractivity contribution < 1.29 is 0 Å². The minimum atomic E-state index is 0.612. The van der Waals surface area contributed by atoms with Crippen molar-refractivity contribution in [2.75, 3.05) is 25.0 Å². The molecule has 4 rings (SSSR count). The number of rotatable bonds is 2. The Morgan fingerprint density at radius 2 is 2.19 bits per heavy atom. The van der Waals surface area contributed by atoms with Gasteiger partial charge in [0.05, 0.1) is 10.2 Å². The van der Waals surface area contributed by atoms with Crippen LogP contribution < -0.4 is 5.32 Å². The van der Waals surface area contributed by atoms with Gasteiger partial charge in [-0.2, -0.15) is 0 Å². The van der Waals surface area contributed by atoms with E-state index in [9.17, 15) is 0 Å². The minimum absolute atomic E-state index is 0.612. The summed E-state index contributed by atoms with van der Waals surface area (Å²) in [5.41, 5.74) is 1.17. The molecule has 0 aromatic carbocycles. The van der Waals surface area contributed by atoms with Crippen LogP contribution in [-0.4, -0.2) is 35.6 Å². The number of hydrogen-bond acceptors (Lipinski definition) is 3. The molecular formula is C12H16BrN3. The van der Waals surface area contributed by atoms with Crippen LogP contribution in [0.2, 0.25) is 0 Å². The maximum absolute atomic E-state index is 4.09. The molecule has 3 fully saturated rings. The number of anilines is 1. The Balaban J connectivity index is 1.73. The van der Waals surface area contributed by atoms with Crippen molar-refractivity contribution in [1.29, 1.82) is 0 Å². The molecule has 16 heavy (non-hydrogen) atoms. The molecule has 0 radical (unpaired) electrons. The molecule has 3 nitrogen and oxygen atoms in total. The van der Waals surface area contributed by atoms with E-state index in [4.69, 9.17) is 0 Å². The van der Waals surface area contributed by atoms with Gasteiger partial charge in [-0.15, -0.1) is 0 Å². The van der Waals surface area contributed by atoms with Gasteiger partial charge in [-0.05, 0) is 53.8 Å². The molecule has 1 aromatic heterocycles. The number of nitrogens with one attached hydrogen (secondary N) is 1. The van der Waals surface area contributed by atoms with Crippen molar-refractivity contribution >= 4 is 21.6 Å². The maximum Gasteiger partial charge on any atom is 0.0590 e. The first kappa shape index (κ1) is 10.5. The zero-order valence-electron chi connectivity index (χ0n) is 9.19. The van der Waals surface area contributed by atoms with Crippen LogP contribution in [0.15, 0.2) is 22.9 Å². The number of piperidine rings is 3. The number of pyridine rings is 1. The molecule has 86 valence electrons. The van der Waals surface area contributed by atoms with E-state index < -0.39 is 0 Å². The van der Waals surface area contributed by atoms with E-state index >= 15 is 0 Å². The highest BCUT2D eigenvalue weighted by Crippen LogP contribution is 2.31. The summed E-state index contributed by atoms with van der Waals surface area (Å²) in [7, 11) is 0. The lowest BCUT2D eigenvalue weighted by atomic mass is 9.84. The van der Waals surface area contributed by atoms with Crippen LogP contribution in [0.3, 0.4) is 0 Å². The van der Waals surface area contributed by atoms with Gasteiger partial charge in [0.25, 0.3) is 0 Å². The highest BCUT2D eigenvalue weighted by Gasteiger charge is 2.34. The molecule has 3 aliphatic heterocycles. The molecule has 4 heteroatoms. The zero-order valence-corrected chi connectivity index (χ0v) is 10.8. The SMILES string of the molecule is Brc1cnccc1NC1CN2CCC1CC2. The fourth-order valence-corrected chi connectivity index (χ4v) is 3.19. The predicted octanol–water partition coefficient (Wildman–Crippen LogP) is 2.35. The molecule has 3 saturated heterocycles. The Morgan fingerprint density at radius 3 is 2.81 bits per heavy atom. The van der Waals surface area contributed by atoms with Gasteiger partial charge in [0.2, 0.25) is 0 Å². The van der Waals surface area contributed by atoms with Crippen LogP contribution in [0, 0.1) is 5.92 Å². The highest BCUT2D eigenvalue weighted by molar-refractivity contribution is 9.10. The summed E-state index contributed by atoms with van der Waals surface area (Å²) in [6, 6.07) is 2.66. The average molecular weight is 282 g/mol. The Bertz CT molecular complexity index is 374. The van der Waals surface area contributed by atoms with Crippen LogP contribution in [-0.2, 0) is 0 Å². The maximum atomic E-state index is 4.09. The van der Waals surface area contributed by atoms with E-state index in [-0.39, 0.29) is 0 Å². The number of halogens is 1. The van der Waals surface area contributed by atoms with E-state index in [0.29, 0.717) is 6.04 Å². The molecule has 1 N–H and O–H groups in total. The Labute approximate surface area is 104 Å². The molecule has 1 atom stereocenters. The summed E-state index contributed by atoms with van der Waals surface area (Å²) >= 11 is 3.54. The van der Waals surface area contributed by atoms with Crippen LogP contribution in [0.25, 0.3) is 0 Å². The summed E-state index contributed by atoms with van der Waals surface area (Å²) in [4.78, 5) is 6.65. The second-order valence-electron chi connectivity index (χ2n) is 4.74. The third-order valence-electron chi connectivity index (χ3n) is 3.77. The van der Waals surface area contributed by atoms with Gasteiger partial charge in [0.1, 0.15) is 0 Å². The fourth-order valence-electron chi connectivity index (χ4n) is 2.82. The van der Waals surface area contributed by atoms with E-state index in [1.165, 1.54) is 38.2 Å². The molecule has 2 bridgehead atoms. The van der Waals surface area contributed by atoms with E-state index in [1.807, 2.05) is 18.5 Å². The molecule has 3 aliphatic rings. The van der Waals surface area contributed by atoms with Crippen molar-refractivity contribution in [3.8, 4) is 0 Å². The monoisotopic (exact) mass is 281 g/mol. The molecule has 1 aromatic rings. The van der Waals surface area contributed by atoms with Gasteiger partial charge in [0.15, 0.2) is 0 Å². The topological polar surface area (TPSA) is 28.2 Å². The third kappa shape index (κ3) is 1.96. The molecular weight excluding hydrogens is 266 g/mol. The van der Waals surface area contributed by atoms with Gasteiger partial charge < -0.3 is 10.2 Å². The van der Waals surface area contributed by atoms with E-state index in [2.05, 4.69) is 31.1 Å². The van der Waals surface area contributed by atoms with Crippen LogP contribution in [0.1, 0.15) is 12.8 Å². The van der Waals surface area contributed by atoms with Gasteiger partial charge in [-0.25, -0.2) is 0 Å². The van der Waals surface area contributed by atoms with Crippen molar-refractivity contribution in [1.82, 2.24) is 9.88 Å². The Hall–Kier alpha value is -0.610. The quantitative estimate of drug-likeness (QED) is 0.902. The van der Waals surface area contributed by atoms with Crippen molar-refractivity contribution in [2.24, 2.45) is 5.92 Å². The van der Waals surface area contributed by atoms with Gasteiger partial charge in [-0.1, -0.05) is 0 Å². The fraction of sp³-hybridized carbons (Fsp3) is 0.583. The number of hydrogen-bond donors (Lipinski definition) is 1. The van der Waals surface area contributed by atoms with Gasteiger partial charge in [-0.3, -0.25) is 4.98 Å². The van der Waals surface area contributed by atoms with Crippen LogP contribution in [0.4, 0.5) is 5.69 Å². The second kappa shape index (κ2) is 4.34. The smallest absolute Gasteiger partial charge is 0.0590 e. The molecule has 1 unspecified atom stereocenters. The first-order chi connectivity index (χ1) is 7.83. The van der Waals surface area contributed by atoms with Gasteiger partial charge >= 0.3 is 0 Å². The largest absolute Gasteiger partial charge is 0.380 e. The standard InChI is InChI=1S/C12H16BrN3/c13-10-7-14-4-1-11(10)15-12-8-16-5-2-9(12)3-6-16/h1,4,7,9,12H,2-3,5-6,8H2,(H,14,15). The van der Waals surface area contributed by atoms with E-state index in [1.54, 1.807) is 0 Å². The van der Waals surface area contributed by atoms with E-state index in [0.717, 1.165) is 10.4 Å². The Morgan fingerprint density at radius 1 is 1.38 bits per heavy atom. The van der Waals surface area contributed by atoms with Crippen molar-refractivity contribution in [3.63, 3.8) is 0 Å². The van der Waals surface area contributed by atoms with Crippen LogP contribution >= 0.6 is 15.9 Å². The molecule has 0 amide bonds. The zero-order chi connectivity index (χ0) is 11.0. The predicted molar refractivity (Wildman–Crippen MR) is 68.5 cm³/mol. The first-order valence-corrected chi connectivity index (χ1v) is 6.70. The summed E-state index contributed by atoms with van der Waals surface area (Å²) in [5, 5.41) is 3.65. The third-order valence-corrected chi connectivity index (χ3v) is 4.40. The van der Waals surface area contributed by atoms with Gasteiger partial charge in [0, 0.05) is 25.0 Å². The highest BCUT2D eigenvalue weighted by atomic mass is 79.9. The summed E-state index contributed by atoms with van der Waals surface area (Å²) in [6.45, 7) is 3.78. The number of aromatic nitrogens is 1. The molecule has 0 spiro atoms. The Kier molecular flexibility index (Phi) is 2.86. The second-order valence-corrected chi connectivity index (χ2v) is 5.60. The number of nitrogens with zero attached hydrogens (tertiary/aromatic N) is 2. The summed E-state index contributed by atoms with van der Waals surface area (Å²) in [5.74, 6) is 0.852. The first-order valence-electron chi connectivity index (χ1n) is 5.91. The molecule has 0 aliphatic carbocycles. The summed E-state index contributed by atoms with van der Waals surface area (Å²) in [6.07, 6.45) is 6.39. The molecule has 4 heterocycles. The normalized spacial score (nSPS) is 32.7. The van der Waals surface area contributed by atoms with Crippen LogP contribution in [0.5, 0.6) is 0 Å². The lowest BCUT2D eigenvalue weighted by molar-refractivity contribution is 0.0975. The van der Waals surface area contributed by atoms with Crippen molar-refractivity contribution in [2.45, 2.75) is 18.9 Å². The minimum Gasteiger partial charge on any atom is -0.380 e. The summed E-state index contributed by atoms with van der Waals surface area (Å²) < 4.78 is 1.06. The van der Waals surface area contributed by atoms with Crippen molar-refractivity contribution in [3.05, 3.63) is 22.9 Å². The lowest BCUT2D eigenvalue weighted by Crippen LogP contribution is -2.53. The average Bonchev–Trinajstić information content (AvgIpc) is 2.34. The molecule has 0 saturated carbocycles.